The number of nitrogens with one attached hydrogen (secondary N) is 1. The van der Waals surface area contributed by atoms with Crippen molar-refractivity contribution in [2.24, 2.45) is 0 Å². The molecule has 0 bridgehead atoms. The van der Waals surface area contributed by atoms with Crippen molar-refractivity contribution in [2.45, 2.75) is 38.6 Å². The van der Waals surface area contributed by atoms with Gasteiger partial charge in [-0.2, -0.15) is 0 Å². The Morgan fingerprint density at radius 3 is 2.25 bits per heavy atom. The summed E-state index contributed by atoms with van der Waals surface area (Å²) in [5, 5.41) is 3.59. The van der Waals surface area contributed by atoms with Crippen LogP contribution in [0.15, 0.2) is 67.1 Å². The van der Waals surface area contributed by atoms with Gasteiger partial charge in [-0.1, -0.05) is 30.2 Å². The van der Waals surface area contributed by atoms with Gasteiger partial charge < -0.3 is 5.32 Å². The van der Waals surface area contributed by atoms with Crippen LogP contribution in [0.4, 0.5) is 0 Å². The highest BCUT2D eigenvalue weighted by atomic mass is 35.5. The van der Waals surface area contributed by atoms with E-state index in [2.05, 4.69) is 27.4 Å². The van der Waals surface area contributed by atoms with Gasteiger partial charge in [0.15, 0.2) is 0 Å². The van der Waals surface area contributed by atoms with E-state index >= 15 is 0 Å². The molecule has 0 radical (unpaired) electrons. The first-order valence-corrected chi connectivity index (χ1v) is 9.95. The van der Waals surface area contributed by atoms with E-state index in [1.807, 2.05) is 48.8 Å². The molecule has 1 N–H and O–H groups in total. The summed E-state index contributed by atoms with van der Waals surface area (Å²) in [6, 6.07) is 15.4. The molecular formula is C23H24ClN3O. The number of amides is 1. The highest BCUT2D eigenvalue weighted by molar-refractivity contribution is 6.30. The van der Waals surface area contributed by atoms with Gasteiger partial charge in [0.1, 0.15) is 5.69 Å². The normalized spacial score (nSPS) is 10.6. The maximum atomic E-state index is 12.4. The van der Waals surface area contributed by atoms with Crippen molar-refractivity contribution in [3.63, 3.8) is 0 Å². The van der Waals surface area contributed by atoms with E-state index < -0.39 is 0 Å². The molecule has 1 aromatic carbocycles. The lowest BCUT2D eigenvalue weighted by Crippen LogP contribution is -2.23. The number of pyridine rings is 2. The Balaban J connectivity index is 1.42. The van der Waals surface area contributed by atoms with Crippen molar-refractivity contribution >= 4 is 17.5 Å². The van der Waals surface area contributed by atoms with Gasteiger partial charge >= 0.3 is 0 Å². The maximum absolute atomic E-state index is 12.4. The lowest BCUT2D eigenvalue weighted by Gasteiger charge is -2.07. The van der Waals surface area contributed by atoms with Crippen molar-refractivity contribution in [1.82, 2.24) is 15.3 Å². The Labute approximate surface area is 171 Å². The fourth-order valence-electron chi connectivity index (χ4n) is 3.01. The van der Waals surface area contributed by atoms with E-state index in [4.69, 9.17) is 11.6 Å². The SMILES string of the molecule is O=C(NCc1ccc(Cl)cc1)c1cc(CCCCCc2ccncc2)ccn1. The molecule has 0 aliphatic carbocycles. The lowest BCUT2D eigenvalue weighted by atomic mass is 10.0. The number of carbonyl (C=O) groups is 1. The van der Waals surface area contributed by atoms with E-state index in [0.29, 0.717) is 17.3 Å². The number of carbonyl (C=O) groups excluding carboxylic acids is 1. The zero-order valence-corrected chi connectivity index (χ0v) is 16.5. The minimum Gasteiger partial charge on any atom is -0.347 e. The fourth-order valence-corrected chi connectivity index (χ4v) is 3.14. The van der Waals surface area contributed by atoms with Gasteiger partial charge in [0.2, 0.25) is 0 Å². The van der Waals surface area contributed by atoms with E-state index in [9.17, 15) is 4.79 Å². The van der Waals surface area contributed by atoms with E-state index in [1.54, 1.807) is 6.20 Å². The predicted octanol–water partition coefficient (Wildman–Crippen LogP) is 5.02. The summed E-state index contributed by atoms with van der Waals surface area (Å²) in [6.45, 7) is 0.455. The van der Waals surface area contributed by atoms with E-state index in [1.165, 1.54) is 5.56 Å². The number of hydrogen-bond donors (Lipinski definition) is 1. The molecule has 0 fully saturated rings. The Kier molecular flexibility index (Phi) is 7.56. The number of aryl methyl sites for hydroxylation is 2. The Hall–Kier alpha value is -2.72. The third-order valence-corrected chi connectivity index (χ3v) is 4.86. The number of hydrogen-bond acceptors (Lipinski definition) is 3. The zero-order chi connectivity index (χ0) is 19.6. The van der Waals surface area contributed by atoms with Crippen LogP contribution < -0.4 is 5.32 Å². The van der Waals surface area contributed by atoms with Crippen LogP contribution in [0.3, 0.4) is 0 Å². The summed E-state index contributed by atoms with van der Waals surface area (Å²) < 4.78 is 0. The van der Waals surface area contributed by atoms with Gasteiger partial charge in [-0.3, -0.25) is 14.8 Å². The average Bonchev–Trinajstić information content (AvgIpc) is 2.74. The smallest absolute Gasteiger partial charge is 0.270 e. The van der Waals surface area contributed by atoms with Crippen molar-refractivity contribution < 1.29 is 4.79 Å². The molecule has 0 spiro atoms. The second-order valence-electron chi connectivity index (χ2n) is 6.77. The summed E-state index contributed by atoms with van der Waals surface area (Å²) in [5.74, 6) is -0.158. The molecule has 144 valence electrons. The molecule has 28 heavy (non-hydrogen) atoms. The van der Waals surface area contributed by atoms with Crippen LogP contribution in [0.5, 0.6) is 0 Å². The lowest BCUT2D eigenvalue weighted by molar-refractivity contribution is 0.0946. The highest BCUT2D eigenvalue weighted by Gasteiger charge is 2.08. The van der Waals surface area contributed by atoms with Crippen molar-refractivity contribution in [2.75, 3.05) is 0 Å². The molecule has 0 saturated heterocycles. The molecule has 1 amide bonds. The first-order chi connectivity index (χ1) is 13.7. The molecule has 0 atom stereocenters. The van der Waals surface area contributed by atoms with Crippen molar-refractivity contribution in [1.29, 1.82) is 0 Å². The molecule has 2 aromatic heterocycles. The van der Waals surface area contributed by atoms with Crippen LogP contribution >= 0.6 is 11.6 Å². The summed E-state index contributed by atoms with van der Waals surface area (Å²) >= 11 is 5.88. The zero-order valence-electron chi connectivity index (χ0n) is 15.8. The number of aromatic nitrogens is 2. The third kappa shape index (κ3) is 6.46. The summed E-state index contributed by atoms with van der Waals surface area (Å²) in [5.41, 5.74) is 3.94. The topological polar surface area (TPSA) is 54.9 Å². The molecular weight excluding hydrogens is 370 g/mol. The molecule has 2 heterocycles. The van der Waals surface area contributed by atoms with Crippen molar-refractivity contribution in [3.05, 3.63) is 94.5 Å². The summed E-state index contributed by atoms with van der Waals surface area (Å²) in [4.78, 5) is 20.6. The van der Waals surface area contributed by atoms with Gasteiger partial charge in [-0.15, -0.1) is 0 Å². The van der Waals surface area contributed by atoms with E-state index in [0.717, 1.165) is 43.2 Å². The summed E-state index contributed by atoms with van der Waals surface area (Å²) in [6.07, 6.45) is 10.8. The number of unbranched alkanes of at least 4 members (excludes halogenated alkanes) is 2. The largest absolute Gasteiger partial charge is 0.347 e. The van der Waals surface area contributed by atoms with Crippen LogP contribution in [0.1, 0.15) is 46.4 Å². The maximum Gasteiger partial charge on any atom is 0.270 e. The molecule has 3 rings (SSSR count). The predicted molar refractivity (Wildman–Crippen MR) is 112 cm³/mol. The minimum absolute atomic E-state index is 0.158. The first-order valence-electron chi connectivity index (χ1n) is 9.57. The molecule has 0 unspecified atom stereocenters. The monoisotopic (exact) mass is 393 g/mol. The summed E-state index contributed by atoms with van der Waals surface area (Å²) in [7, 11) is 0. The molecule has 0 aliphatic heterocycles. The molecule has 0 saturated carbocycles. The van der Waals surface area contributed by atoms with Crippen LogP contribution in [-0.2, 0) is 19.4 Å². The van der Waals surface area contributed by atoms with Gasteiger partial charge in [0.05, 0.1) is 0 Å². The first kappa shape index (κ1) is 20.0. The van der Waals surface area contributed by atoms with Gasteiger partial charge in [-0.25, -0.2) is 0 Å². The molecule has 5 heteroatoms. The Morgan fingerprint density at radius 1 is 0.821 bits per heavy atom. The van der Waals surface area contributed by atoms with Crippen LogP contribution in [0.25, 0.3) is 0 Å². The molecule has 0 aliphatic rings. The Bertz CT molecular complexity index is 882. The average molecular weight is 394 g/mol. The Morgan fingerprint density at radius 2 is 1.50 bits per heavy atom. The van der Waals surface area contributed by atoms with Crippen LogP contribution in [-0.4, -0.2) is 15.9 Å². The second-order valence-corrected chi connectivity index (χ2v) is 7.21. The van der Waals surface area contributed by atoms with Crippen LogP contribution in [0, 0.1) is 0 Å². The minimum atomic E-state index is -0.158. The standard InChI is InChI=1S/C23H24ClN3O/c24-21-8-6-20(7-9-21)17-27-23(28)22-16-19(12-15-26-22)5-3-1-2-4-18-10-13-25-14-11-18/h6-16H,1-5,17H2,(H,27,28). The van der Waals surface area contributed by atoms with Crippen molar-refractivity contribution in [3.8, 4) is 0 Å². The third-order valence-electron chi connectivity index (χ3n) is 4.60. The fraction of sp³-hybridized carbons (Fsp3) is 0.261. The second kappa shape index (κ2) is 10.6. The number of rotatable bonds is 9. The van der Waals surface area contributed by atoms with Crippen LogP contribution in [0.2, 0.25) is 5.02 Å². The number of halogens is 1. The van der Waals surface area contributed by atoms with Gasteiger partial charge in [-0.05, 0) is 78.8 Å². The molecule has 4 nitrogen and oxygen atoms in total. The van der Waals surface area contributed by atoms with Gasteiger partial charge in [0.25, 0.3) is 5.91 Å². The van der Waals surface area contributed by atoms with Gasteiger partial charge in [0, 0.05) is 30.2 Å². The number of nitrogens with zero attached hydrogens (tertiary/aromatic N) is 2. The molecule has 3 aromatic rings. The quantitative estimate of drug-likeness (QED) is 0.519. The number of benzene rings is 1. The highest BCUT2D eigenvalue weighted by Crippen LogP contribution is 2.12. The van der Waals surface area contributed by atoms with E-state index in [-0.39, 0.29) is 5.91 Å².